The fourth-order valence-corrected chi connectivity index (χ4v) is 3.56. The molecule has 8 nitrogen and oxygen atoms in total. The number of carbonyl (C=O) groups excluding carboxylic acids is 2. The van der Waals surface area contributed by atoms with Gasteiger partial charge in [0.2, 0.25) is 0 Å². The SMILES string of the molecule is Cc1cc(C)n(-c2cccc(C(=O)Nc3ccc(OCC(=O)N4CCOCC4)cc3)c2)n1. The van der Waals surface area contributed by atoms with E-state index in [1.807, 2.05) is 42.8 Å². The Morgan fingerprint density at radius 1 is 1.06 bits per heavy atom. The molecule has 1 saturated heterocycles. The van der Waals surface area contributed by atoms with Crippen LogP contribution in [-0.2, 0) is 9.53 Å². The molecule has 32 heavy (non-hydrogen) atoms. The van der Waals surface area contributed by atoms with Crippen LogP contribution in [0, 0.1) is 13.8 Å². The van der Waals surface area contributed by atoms with Crippen LogP contribution < -0.4 is 10.1 Å². The Morgan fingerprint density at radius 3 is 2.50 bits per heavy atom. The largest absolute Gasteiger partial charge is 0.484 e. The monoisotopic (exact) mass is 434 g/mol. The lowest BCUT2D eigenvalue weighted by atomic mass is 10.1. The van der Waals surface area contributed by atoms with E-state index >= 15 is 0 Å². The van der Waals surface area contributed by atoms with Crippen molar-refractivity contribution in [1.82, 2.24) is 14.7 Å². The second-order valence-electron chi connectivity index (χ2n) is 7.65. The zero-order valence-corrected chi connectivity index (χ0v) is 18.2. The lowest BCUT2D eigenvalue weighted by molar-refractivity contribution is -0.137. The molecule has 2 heterocycles. The minimum atomic E-state index is -0.218. The Morgan fingerprint density at radius 2 is 1.81 bits per heavy atom. The third-order valence-corrected chi connectivity index (χ3v) is 5.20. The summed E-state index contributed by atoms with van der Waals surface area (Å²) in [6.07, 6.45) is 0. The molecule has 0 saturated carbocycles. The molecule has 0 spiro atoms. The van der Waals surface area contributed by atoms with Gasteiger partial charge in [-0.3, -0.25) is 9.59 Å². The van der Waals surface area contributed by atoms with Crippen molar-refractivity contribution in [3.05, 3.63) is 71.5 Å². The van der Waals surface area contributed by atoms with Gasteiger partial charge in [0.25, 0.3) is 11.8 Å². The molecule has 4 rings (SSSR count). The Balaban J connectivity index is 1.35. The molecule has 3 aromatic rings. The molecular formula is C24H26N4O4. The molecule has 8 heteroatoms. The number of benzene rings is 2. The summed E-state index contributed by atoms with van der Waals surface area (Å²) in [5, 5.41) is 7.36. The number of aromatic nitrogens is 2. The van der Waals surface area contributed by atoms with E-state index < -0.39 is 0 Å². The summed E-state index contributed by atoms with van der Waals surface area (Å²) in [4.78, 5) is 26.6. The number of ether oxygens (including phenoxy) is 2. The van der Waals surface area contributed by atoms with Crippen LogP contribution in [0.5, 0.6) is 5.75 Å². The predicted octanol–water partition coefficient (Wildman–Crippen LogP) is 2.98. The van der Waals surface area contributed by atoms with E-state index in [0.29, 0.717) is 43.3 Å². The number of rotatable bonds is 6. The van der Waals surface area contributed by atoms with Crippen molar-refractivity contribution < 1.29 is 19.1 Å². The third-order valence-electron chi connectivity index (χ3n) is 5.20. The van der Waals surface area contributed by atoms with Gasteiger partial charge in [-0.1, -0.05) is 6.07 Å². The van der Waals surface area contributed by atoms with Crippen molar-refractivity contribution in [3.8, 4) is 11.4 Å². The number of anilines is 1. The van der Waals surface area contributed by atoms with Gasteiger partial charge in [-0.2, -0.15) is 5.10 Å². The molecule has 1 aromatic heterocycles. The number of nitrogens with one attached hydrogen (secondary N) is 1. The van der Waals surface area contributed by atoms with Gasteiger partial charge in [-0.15, -0.1) is 0 Å². The quantitative estimate of drug-likeness (QED) is 0.645. The number of hydrogen-bond acceptors (Lipinski definition) is 5. The number of nitrogens with zero attached hydrogens (tertiary/aromatic N) is 3. The third kappa shape index (κ3) is 5.15. The number of carbonyl (C=O) groups is 2. The average Bonchev–Trinajstić information content (AvgIpc) is 3.17. The van der Waals surface area contributed by atoms with Gasteiger partial charge in [0.05, 0.1) is 24.6 Å². The highest BCUT2D eigenvalue weighted by molar-refractivity contribution is 6.04. The molecule has 0 atom stereocenters. The van der Waals surface area contributed by atoms with E-state index in [0.717, 1.165) is 17.1 Å². The zero-order valence-electron chi connectivity index (χ0n) is 18.2. The molecule has 2 aromatic carbocycles. The van der Waals surface area contributed by atoms with Crippen LogP contribution in [0.15, 0.2) is 54.6 Å². The van der Waals surface area contributed by atoms with Crippen molar-refractivity contribution in [2.24, 2.45) is 0 Å². The topological polar surface area (TPSA) is 85.7 Å². The maximum Gasteiger partial charge on any atom is 0.260 e. The molecule has 0 bridgehead atoms. The summed E-state index contributed by atoms with van der Waals surface area (Å²) in [5.41, 5.74) is 3.93. The van der Waals surface area contributed by atoms with Crippen molar-refractivity contribution >= 4 is 17.5 Å². The molecule has 1 aliphatic rings. The molecule has 2 amide bonds. The summed E-state index contributed by atoms with van der Waals surface area (Å²) < 4.78 is 12.7. The van der Waals surface area contributed by atoms with Crippen LogP contribution in [0.25, 0.3) is 5.69 Å². The Labute approximate surface area is 186 Å². The summed E-state index contributed by atoms with van der Waals surface area (Å²) in [6, 6.07) is 16.3. The lowest BCUT2D eigenvalue weighted by Gasteiger charge is -2.26. The molecule has 1 aliphatic heterocycles. The minimum absolute atomic E-state index is 0.0230. The van der Waals surface area contributed by atoms with Gasteiger partial charge in [-0.05, 0) is 62.4 Å². The number of aryl methyl sites for hydroxylation is 2. The zero-order chi connectivity index (χ0) is 22.5. The highest BCUT2D eigenvalue weighted by Crippen LogP contribution is 2.18. The highest BCUT2D eigenvalue weighted by atomic mass is 16.5. The van der Waals surface area contributed by atoms with Crippen LogP contribution in [0.1, 0.15) is 21.7 Å². The fraction of sp³-hybridized carbons (Fsp3) is 0.292. The van der Waals surface area contributed by atoms with Gasteiger partial charge in [0.1, 0.15) is 5.75 Å². The molecule has 0 radical (unpaired) electrons. The first-order valence-electron chi connectivity index (χ1n) is 10.5. The van der Waals surface area contributed by atoms with E-state index in [-0.39, 0.29) is 18.4 Å². The normalized spacial score (nSPS) is 13.6. The fourth-order valence-electron chi connectivity index (χ4n) is 3.56. The van der Waals surface area contributed by atoms with Crippen LogP contribution in [0.3, 0.4) is 0 Å². The molecule has 1 N–H and O–H groups in total. The molecular weight excluding hydrogens is 408 g/mol. The first-order valence-corrected chi connectivity index (χ1v) is 10.5. The van der Waals surface area contributed by atoms with Crippen LogP contribution in [0.2, 0.25) is 0 Å². The van der Waals surface area contributed by atoms with Crippen LogP contribution in [0.4, 0.5) is 5.69 Å². The summed E-state index contributed by atoms with van der Waals surface area (Å²) in [6.45, 7) is 6.19. The Hall–Kier alpha value is -3.65. The van der Waals surface area contributed by atoms with Crippen LogP contribution in [-0.4, -0.2) is 59.4 Å². The first-order chi connectivity index (χ1) is 15.5. The summed E-state index contributed by atoms with van der Waals surface area (Å²) >= 11 is 0. The smallest absolute Gasteiger partial charge is 0.260 e. The molecule has 0 unspecified atom stereocenters. The van der Waals surface area contributed by atoms with Gasteiger partial charge < -0.3 is 19.7 Å². The maximum absolute atomic E-state index is 12.7. The number of morpholine rings is 1. The average molecular weight is 434 g/mol. The lowest BCUT2D eigenvalue weighted by Crippen LogP contribution is -2.42. The van der Waals surface area contributed by atoms with Gasteiger partial charge in [0.15, 0.2) is 6.61 Å². The summed E-state index contributed by atoms with van der Waals surface area (Å²) in [5.74, 6) is 0.286. The van der Waals surface area contributed by atoms with Gasteiger partial charge in [0, 0.05) is 30.0 Å². The maximum atomic E-state index is 12.7. The number of hydrogen-bond donors (Lipinski definition) is 1. The standard InChI is InChI=1S/C24H26N4O4/c1-17-14-18(2)28(26-17)21-5-3-4-19(15-21)24(30)25-20-6-8-22(9-7-20)32-16-23(29)27-10-12-31-13-11-27/h3-9,14-15H,10-13,16H2,1-2H3,(H,25,30). The highest BCUT2D eigenvalue weighted by Gasteiger charge is 2.17. The Bertz CT molecular complexity index is 1100. The molecule has 1 fully saturated rings. The second-order valence-corrected chi connectivity index (χ2v) is 7.65. The van der Waals surface area contributed by atoms with Gasteiger partial charge in [-0.25, -0.2) is 4.68 Å². The van der Waals surface area contributed by atoms with Crippen molar-refractivity contribution in [1.29, 1.82) is 0 Å². The van der Waals surface area contributed by atoms with E-state index in [4.69, 9.17) is 9.47 Å². The summed E-state index contributed by atoms with van der Waals surface area (Å²) in [7, 11) is 0. The number of amides is 2. The predicted molar refractivity (Wildman–Crippen MR) is 120 cm³/mol. The Kier molecular flexibility index (Phi) is 6.51. The van der Waals surface area contributed by atoms with Gasteiger partial charge >= 0.3 is 0 Å². The first kappa shape index (κ1) is 21.6. The van der Waals surface area contributed by atoms with E-state index in [2.05, 4.69) is 10.4 Å². The van der Waals surface area contributed by atoms with Crippen molar-refractivity contribution in [3.63, 3.8) is 0 Å². The van der Waals surface area contributed by atoms with Crippen LogP contribution >= 0.6 is 0 Å². The molecule has 166 valence electrons. The van der Waals surface area contributed by atoms with E-state index in [1.54, 1.807) is 35.2 Å². The van der Waals surface area contributed by atoms with E-state index in [1.165, 1.54) is 0 Å². The van der Waals surface area contributed by atoms with E-state index in [9.17, 15) is 9.59 Å². The second kappa shape index (κ2) is 9.65. The molecule has 0 aliphatic carbocycles. The van der Waals surface area contributed by atoms with Crippen molar-refractivity contribution in [2.75, 3.05) is 38.2 Å². The minimum Gasteiger partial charge on any atom is -0.484 e. The van der Waals surface area contributed by atoms with Crippen molar-refractivity contribution in [2.45, 2.75) is 13.8 Å².